The normalized spacial score (nSPS) is 12.6. The Hall–Kier alpha value is -1.23. The molecule has 1 heterocycles. The molecule has 2 aromatic rings. The number of hydrogen-bond donors (Lipinski definition) is 1. The maximum absolute atomic E-state index is 5.29. The quantitative estimate of drug-likeness (QED) is 0.827. The smallest absolute Gasteiger partial charge is 0.124 e. The van der Waals surface area contributed by atoms with Gasteiger partial charge in [-0.2, -0.15) is 0 Å². The van der Waals surface area contributed by atoms with Crippen molar-refractivity contribution >= 4 is 11.3 Å². The summed E-state index contributed by atoms with van der Waals surface area (Å²) in [5.74, 6) is 0. The molecule has 21 heavy (non-hydrogen) atoms. The van der Waals surface area contributed by atoms with E-state index in [4.69, 9.17) is 9.72 Å². The minimum Gasteiger partial charge on any atom is -0.380 e. The lowest BCUT2D eigenvalue weighted by Crippen LogP contribution is -2.18. The van der Waals surface area contributed by atoms with Crippen LogP contribution in [0.3, 0.4) is 0 Å². The molecule has 2 rings (SSSR count). The van der Waals surface area contributed by atoms with Gasteiger partial charge >= 0.3 is 0 Å². The Morgan fingerprint density at radius 2 is 2.10 bits per heavy atom. The van der Waals surface area contributed by atoms with Gasteiger partial charge in [-0.1, -0.05) is 31.2 Å². The number of rotatable bonds is 7. The van der Waals surface area contributed by atoms with Crippen molar-refractivity contribution in [3.63, 3.8) is 0 Å². The van der Waals surface area contributed by atoms with E-state index in [9.17, 15) is 0 Å². The molecule has 0 bridgehead atoms. The molecule has 0 fully saturated rings. The summed E-state index contributed by atoms with van der Waals surface area (Å²) in [4.78, 5) is 6.10. The number of aryl methyl sites for hydroxylation is 1. The molecule has 0 spiro atoms. The van der Waals surface area contributed by atoms with E-state index >= 15 is 0 Å². The molecule has 0 aliphatic heterocycles. The number of aromatic nitrogens is 1. The first-order valence-corrected chi connectivity index (χ1v) is 8.27. The lowest BCUT2D eigenvalue weighted by atomic mass is 10.1. The van der Waals surface area contributed by atoms with Crippen LogP contribution in [0.1, 0.15) is 42.4 Å². The number of ether oxygens (including phenoxy) is 1. The predicted molar refractivity (Wildman–Crippen MR) is 89.7 cm³/mol. The van der Waals surface area contributed by atoms with Gasteiger partial charge in [0.2, 0.25) is 0 Å². The van der Waals surface area contributed by atoms with E-state index in [1.807, 2.05) is 6.07 Å². The van der Waals surface area contributed by atoms with Crippen LogP contribution in [0.15, 0.2) is 24.3 Å². The lowest BCUT2D eigenvalue weighted by Gasteiger charge is -2.11. The van der Waals surface area contributed by atoms with E-state index in [0.717, 1.165) is 23.7 Å². The Morgan fingerprint density at radius 3 is 2.81 bits per heavy atom. The van der Waals surface area contributed by atoms with Gasteiger partial charge in [0.05, 0.1) is 12.3 Å². The van der Waals surface area contributed by atoms with Gasteiger partial charge in [0, 0.05) is 23.6 Å². The summed E-state index contributed by atoms with van der Waals surface area (Å²) in [6, 6.07) is 8.69. The van der Waals surface area contributed by atoms with E-state index < -0.39 is 0 Å². The molecular weight excluding hydrogens is 280 g/mol. The van der Waals surface area contributed by atoms with E-state index in [-0.39, 0.29) is 0 Å². The topological polar surface area (TPSA) is 34.1 Å². The van der Waals surface area contributed by atoms with Gasteiger partial charge in [-0.3, -0.25) is 0 Å². The molecule has 1 unspecified atom stereocenters. The monoisotopic (exact) mass is 304 g/mol. The van der Waals surface area contributed by atoms with Gasteiger partial charge < -0.3 is 10.1 Å². The van der Waals surface area contributed by atoms with Crippen LogP contribution in [0, 0.1) is 6.92 Å². The molecule has 1 atom stereocenters. The largest absolute Gasteiger partial charge is 0.380 e. The maximum atomic E-state index is 5.29. The zero-order chi connectivity index (χ0) is 15.2. The number of hydrogen-bond acceptors (Lipinski definition) is 4. The number of methoxy groups -OCH3 is 1. The van der Waals surface area contributed by atoms with Crippen molar-refractivity contribution in [3.8, 4) is 10.6 Å². The van der Waals surface area contributed by atoms with Crippen molar-refractivity contribution in [1.29, 1.82) is 0 Å². The number of thiazole rings is 1. The highest BCUT2D eigenvalue weighted by atomic mass is 32.1. The predicted octanol–water partition coefficient (Wildman–Crippen LogP) is 4.33. The Balaban J connectivity index is 2.30. The number of benzene rings is 1. The van der Waals surface area contributed by atoms with Crippen LogP contribution in [0.5, 0.6) is 0 Å². The summed E-state index contributed by atoms with van der Waals surface area (Å²) in [7, 11) is 1.73. The van der Waals surface area contributed by atoms with Crippen molar-refractivity contribution in [2.24, 2.45) is 0 Å². The molecule has 0 aliphatic rings. The minimum absolute atomic E-state index is 0.353. The molecule has 0 saturated heterocycles. The average molecular weight is 304 g/mol. The Kier molecular flexibility index (Phi) is 5.91. The van der Waals surface area contributed by atoms with Crippen LogP contribution in [-0.2, 0) is 11.3 Å². The van der Waals surface area contributed by atoms with E-state index in [2.05, 4.69) is 44.3 Å². The number of nitrogens with zero attached hydrogens (tertiary/aromatic N) is 1. The zero-order valence-corrected chi connectivity index (χ0v) is 14.1. The van der Waals surface area contributed by atoms with Crippen molar-refractivity contribution in [2.45, 2.75) is 39.8 Å². The summed E-state index contributed by atoms with van der Waals surface area (Å²) < 4.78 is 5.29. The third-order valence-electron chi connectivity index (χ3n) is 3.47. The second-order valence-electron chi connectivity index (χ2n) is 5.23. The molecule has 114 valence electrons. The molecular formula is C17H24N2OS. The molecule has 1 N–H and O–H groups in total. The van der Waals surface area contributed by atoms with Crippen molar-refractivity contribution in [3.05, 3.63) is 40.4 Å². The lowest BCUT2D eigenvalue weighted by molar-refractivity contribution is 0.185. The highest BCUT2D eigenvalue weighted by Gasteiger charge is 2.16. The molecule has 0 amide bonds. The Morgan fingerprint density at radius 1 is 1.33 bits per heavy atom. The molecule has 0 saturated carbocycles. The summed E-state index contributed by atoms with van der Waals surface area (Å²) in [5, 5.41) is 4.62. The van der Waals surface area contributed by atoms with E-state index in [0.29, 0.717) is 12.6 Å². The Bertz CT molecular complexity index is 580. The second-order valence-corrected chi connectivity index (χ2v) is 6.27. The third kappa shape index (κ3) is 3.90. The van der Waals surface area contributed by atoms with Crippen LogP contribution in [-0.4, -0.2) is 18.6 Å². The van der Waals surface area contributed by atoms with E-state index in [1.54, 1.807) is 18.4 Å². The van der Waals surface area contributed by atoms with Crippen LogP contribution in [0.2, 0.25) is 0 Å². The molecule has 0 aliphatic carbocycles. The van der Waals surface area contributed by atoms with Gasteiger partial charge in [-0.15, -0.1) is 11.3 Å². The molecule has 0 radical (unpaired) electrons. The Labute approximate surface area is 131 Å². The fourth-order valence-electron chi connectivity index (χ4n) is 2.39. The SMILES string of the molecule is CCCNC(C)c1sc(-c2ccccc2COC)nc1C. The zero-order valence-electron chi connectivity index (χ0n) is 13.3. The number of nitrogens with one attached hydrogen (secondary N) is 1. The summed E-state index contributed by atoms with van der Waals surface area (Å²) >= 11 is 1.78. The van der Waals surface area contributed by atoms with Gasteiger partial charge in [0.25, 0.3) is 0 Å². The van der Waals surface area contributed by atoms with Gasteiger partial charge in [0.1, 0.15) is 5.01 Å². The summed E-state index contributed by atoms with van der Waals surface area (Å²) in [5.41, 5.74) is 3.49. The molecule has 1 aromatic heterocycles. The summed E-state index contributed by atoms with van der Waals surface area (Å²) in [6.45, 7) is 8.15. The van der Waals surface area contributed by atoms with Crippen molar-refractivity contribution in [2.75, 3.05) is 13.7 Å². The first-order chi connectivity index (χ1) is 10.2. The second kappa shape index (κ2) is 7.69. The standard InChI is InChI=1S/C17H24N2OS/c1-5-10-18-12(2)16-13(3)19-17(21-16)15-9-7-6-8-14(15)11-20-4/h6-9,12,18H,5,10-11H2,1-4H3. The van der Waals surface area contributed by atoms with Gasteiger partial charge in [0.15, 0.2) is 0 Å². The van der Waals surface area contributed by atoms with Gasteiger partial charge in [-0.25, -0.2) is 4.98 Å². The van der Waals surface area contributed by atoms with Crippen molar-refractivity contribution < 1.29 is 4.74 Å². The highest BCUT2D eigenvalue weighted by Crippen LogP contribution is 2.33. The first-order valence-electron chi connectivity index (χ1n) is 7.45. The molecule has 1 aromatic carbocycles. The van der Waals surface area contributed by atoms with Crippen LogP contribution in [0.25, 0.3) is 10.6 Å². The van der Waals surface area contributed by atoms with Gasteiger partial charge in [-0.05, 0) is 32.4 Å². The van der Waals surface area contributed by atoms with Crippen molar-refractivity contribution in [1.82, 2.24) is 10.3 Å². The first kappa shape index (κ1) is 16.1. The van der Waals surface area contributed by atoms with Crippen LogP contribution in [0.4, 0.5) is 0 Å². The summed E-state index contributed by atoms with van der Waals surface area (Å²) in [6.07, 6.45) is 1.14. The third-order valence-corrected chi connectivity index (χ3v) is 4.85. The maximum Gasteiger partial charge on any atom is 0.124 e. The average Bonchev–Trinajstić information content (AvgIpc) is 2.87. The minimum atomic E-state index is 0.353. The van der Waals surface area contributed by atoms with Crippen LogP contribution >= 0.6 is 11.3 Å². The fourth-order valence-corrected chi connectivity index (χ4v) is 3.54. The molecule has 4 heteroatoms. The molecule has 3 nitrogen and oxygen atoms in total. The highest BCUT2D eigenvalue weighted by molar-refractivity contribution is 7.15. The van der Waals surface area contributed by atoms with Crippen LogP contribution < -0.4 is 5.32 Å². The van der Waals surface area contributed by atoms with E-state index in [1.165, 1.54) is 16.0 Å². The fraction of sp³-hybridized carbons (Fsp3) is 0.471.